The quantitative estimate of drug-likeness (QED) is 0.475. The van der Waals surface area contributed by atoms with Crippen LogP contribution in [0.2, 0.25) is 0 Å². The van der Waals surface area contributed by atoms with E-state index >= 15 is 0 Å². The van der Waals surface area contributed by atoms with Crippen LogP contribution in [0.1, 0.15) is 11.1 Å². The second-order valence-electron chi connectivity index (χ2n) is 8.26. The molecular formula is C27H27N5O4. The molecule has 3 aromatic carbocycles. The summed E-state index contributed by atoms with van der Waals surface area (Å²) in [7, 11) is 1.57. The molecule has 1 saturated heterocycles. The second kappa shape index (κ2) is 10.9. The molecule has 0 radical (unpaired) electrons. The fraction of sp³-hybridized carbons (Fsp3) is 0.222. The third-order valence-corrected chi connectivity index (χ3v) is 5.92. The maximum absolute atomic E-state index is 12.4. The van der Waals surface area contributed by atoms with Gasteiger partial charge in [-0.15, -0.1) is 0 Å². The number of amides is 1. The van der Waals surface area contributed by atoms with Gasteiger partial charge in [-0.25, -0.2) is 5.43 Å². The molecule has 0 saturated carbocycles. The SMILES string of the molecule is COc1cc(C2=NNC(=O)/C2=N/Nc2ccc(N3CCOCC3)cc2)ccc1OCc1ccccc1. The average Bonchev–Trinajstić information content (AvgIpc) is 3.32. The van der Waals surface area contributed by atoms with E-state index in [4.69, 9.17) is 14.2 Å². The number of benzene rings is 3. The lowest BCUT2D eigenvalue weighted by Crippen LogP contribution is -2.36. The molecule has 0 aromatic heterocycles. The molecule has 3 aromatic rings. The zero-order valence-corrected chi connectivity index (χ0v) is 19.9. The highest BCUT2D eigenvalue weighted by Gasteiger charge is 2.27. The lowest BCUT2D eigenvalue weighted by molar-refractivity contribution is -0.114. The molecule has 36 heavy (non-hydrogen) atoms. The number of anilines is 2. The van der Waals surface area contributed by atoms with Crippen LogP contribution in [0.4, 0.5) is 11.4 Å². The molecule has 9 nitrogen and oxygen atoms in total. The highest BCUT2D eigenvalue weighted by atomic mass is 16.5. The summed E-state index contributed by atoms with van der Waals surface area (Å²) in [6.45, 7) is 3.62. The van der Waals surface area contributed by atoms with Crippen molar-refractivity contribution in [2.24, 2.45) is 10.2 Å². The summed E-state index contributed by atoms with van der Waals surface area (Å²) in [4.78, 5) is 14.7. The maximum Gasteiger partial charge on any atom is 0.294 e. The van der Waals surface area contributed by atoms with Gasteiger partial charge in [-0.1, -0.05) is 30.3 Å². The Morgan fingerprint density at radius 2 is 1.81 bits per heavy atom. The van der Waals surface area contributed by atoms with Crippen LogP contribution in [0.25, 0.3) is 0 Å². The van der Waals surface area contributed by atoms with E-state index in [1.165, 1.54) is 0 Å². The lowest BCUT2D eigenvalue weighted by atomic mass is 10.1. The van der Waals surface area contributed by atoms with Gasteiger partial charge in [-0.05, 0) is 48.0 Å². The number of rotatable bonds is 8. The monoisotopic (exact) mass is 485 g/mol. The molecule has 5 rings (SSSR count). The van der Waals surface area contributed by atoms with Crippen molar-refractivity contribution >= 4 is 28.7 Å². The predicted octanol–water partition coefficient (Wildman–Crippen LogP) is 3.41. The number of morpholine rings is 1. The molecule has 1 fully saturated rings. The third kappa shape index (κ3) is 5.31. The van der Waals surface area contributed by atoms with Gasteiger partial charge in [0, 0.05) is 24.3 Å². The number of hydrogen-bond donors (Lipinski definition) is 2. The number of nitrogens with zero attached hydrogens (tertiary/aromatic N) is 3. The molecule has 0 spiro atoms. The fourth-order valence-electron chi connectivity index (χ4n) is 3.98. The lowest BCUT2D eigenvalue weighted by Gasteiger charge is -2.28. The molecule has 2 N–H and O–H groups in total. The first-order valence-corrected chi connectivity index (χ1v) is 11.7. The Bertz CT molecular complexity index is 1270. The molecule has 2 heterocycles. The van der Waals surface area contributed by atoms with Gasteiger partial charge in [0.15, 0.2) is 17.2 Å². The Kier molecular flexibility index (Phi) is 7.09. The summed E-state index contributed by atoms with van der Waals surface area (Å²) in [6, 6.07) is 23.2. The predicted molar refractivity (Wildman–Crippen MR) is 139 cm³/mol. The molecule has 2 aliphatic rings. The van der Waals surface area contributed by atoms with Crippen LogP contribution in [0.3, 0.4) is 0 Å². The van der Waals surface area contributed by atoms with E-state index in [0.29, 0.717) is 29.4 Å². The van der Waals surface area contributed by atoms with Crippen LogP contribution in [-0.4, -0.2) is 50.7 Å². The third-order valence-electron chi connectivity index (χ3n) is 5.92. The van der Waals surface area contributed by atoms with Crippen LogP contribution in [0, 0.1) is 0 Å². The highest BCUT2D eigenvalue weighted by molar-refractivity contribution is 6.72. The summed E-state index contributed by atoms with van der Waals surface area (Å²) in [6.07, 6.45) is 0. The number of ether oxygens (including phenoxy) is 3. The van der Waals surface area contributed by atoms with Crippen molar-refractivity contribution < 1.29 is 19.0 Å². The Balaban J connectivity index is 1.29. The van der Waals surface area contributed by atoms with E-state index in [2.05, 4.69) is 26.0 Å². The molecule has 0 aliphatic carbocycles. The largest absolute Gasteiger partial charge is 0.493 e. The zero-order chi connectivity index (χ0) is 24.7. The number of carbonyl (C=O) groups excluding carboxylic acids is 1. The van der Waals surface area contributed by atoms with Crippen molar-refractivity contribution in [1.29, 1.82) is 0 Å². The molecule has 0 unspecified atom stereocenters. The van der Waals surface area contributed by atoms with Crippen molar-refractivity contribution in [3.63, 3.8) is 0 Å². The van der Waals surface area contributed by atoms with Crippen LogP contribution in [-0.2, 0) is 16.1 Å². The van der Waals surface area contributed by atoms with E-state index < -0.39 is 0 Å². The van der Waals surface area contributed by atoms with Crippen LogP contribution in [0.15, 0.2) is 83.0 Å². The number of nitrogens with one attached hydrogen (secondary N) is 2. The summed E-state index contributed by atoms with van der Waals surface area (Å²) in [5.74, 6) is 0.752. The molecule has 9 heteroatoms. The van der Waals surface area contributed by atoms with Gasteiger partial charge in [0.1, 0.15) is 12.3 Å². The van der Waals surface area contributed by atoms with Crippen molar-refractivity contribution in [2.75, 3.05) is 43.7 Å². The Labute approximate surface area is 209 Å². The van der Waals surface area contributed by atoms with Crippen LogP contribution in [0.5, 0.6) is 11.5 Å². The van der Waals surface area contributed by atoms with Gasteiger partial charge in [0.2, 0.25) is 0 Å². The van der Waals surface area contributed by atoms with Gasteiger partial charge < -0.3 is 19.1 Å². The van der Waals surface area contributed by atoms with Crippen molar-refractivity contribution in [3.05, 3.63) is 83.9 Å². The van der Waals surface area contributed by atoms with Crippen LogP contribution < -0.4 is 25.2 Å². The standard InChI is InChI=1S/C27H27N5O4/c1-34-24-17-20(7-12-23(24)36-18-19-5-3-2-4-6-19)25-26(27(33)31-29-25)30-28-21-8-10-22(11-9-21)32-13-15-35-16-14-32/h2-12,17,28H,13-16,18H2,1H3,(H,30,31,33). The summed E-state index contributed by atoms with van der Waals surface area (Å²) in [5, 5.41) is 8.53. The minimum Gasteiger partial charge on any atom is -0.493 e. The minimum absolute atomic E-state index is 0.187. The number of carbonyl (C=O) groups is 1. The van der Waals surface area contributed by atoms with Gasteiger partial charge in [-0.3, -0.25) is 10.2 Å². The Morgan fingerprint density at radius 3 is 2.56 bits per heavy atom. The molecule has 0 atom stereocenters. The summed E-state index contributed by atoms with van der Waals surface area (Å²) < 4.78 is 16.9. The molecule has 2 aliphatic heterocycles. The Morgan fingerprint density at radius 1 is 1.03 bits per heavy atom. The zero-order valence-electron chi connectivity index (χ0n) is 19.9. The summed E-state index contributed by atoms with van der Waals surface area (Å²) in [5.41, 5.74) is 9.70. The smallest absolute Gasteiger partial charge is 0.294 e. The van der Waals surface area contributed by atoms with Crippen molar-refractivity contribution in [3.8, 4) is 11.5 Å². The normalized spacial score (nSPS) is 16.5. The molecule has 1 amide bonds. The number of methoxy groups -OCH3 is 1. The first-order chi connectivity index (χ1) is 17.7. The topological polar surface area (TPSA) is 96.8 Å². The van der Waals surface area contributed by atoms with E-state index in [-0.39, 0.29) is 11.6 Å². The van der Waals surface area contributed by atoms with E-state index in [1.54, 1.807) is 19.2 Å². The average molecular weight is 486 g/mol. The molecule has 0 bridgehead atoms. The fourth-order valence-corrected chi connectivity index (χ4v) is 3.98. The minimum atomic E-state index is -0.384. The molecular weight excluding hydrogens is 458 g/mol. The van der Waals surface area contributed by atoms with Gasteiger partial charge in [0.05, 0.1) is 26.0 Å². The summed E-state index contributed by atoms with van der Waals surface area (Å²) >= 11 is 0. The van der Waals surface area contributed by atoms with Gasteiger partial charge in [-0.2, -0.15) is 10.2 Å². The van der Waals surface area contributed by atoms with Gasteiger partial charge >= 0.3 is 0 Å². The van der Waals surface area contributed by atoms with E-state index in [1.807, 2.05) is 60.7 Å². The first kappa shape index (κ1) is 23.4. The second-order valence-corrected chi connectivity index (χ2v) is 8.26. The van der Waals surface area contributed by atoms with Crippen molar-refractivity contribution in [2.45, 2.75) is 6.61 Å². The number of hydrogen-bond acceptors (Lipinski definition) is 8. The Hall–Kier alpha value is -4.37. The van der Waals surface area contributed by atoms with Crippen LogP contribution >= 0.6 is 0 Å². The number of hydrazone groups is 2. The molecule has 184 valence electrons. The van der Waals surface area contributed by atoms with E-state index in [9.17, 15) is 4.79 Å². The maximum atomic E-state index is 12.4. The highest BCUT2D eigenvalue weighted by Crippen LogP contribution is 2.30. The van der Waals surface area contributed by atoms with E-state index in [0.717, 1.165) is 43.2 Å². The van der Waals surface area contributed by atoms with Crippen molar-refractivity contribution in [1.82, 2.24) is 5.43 Å². The first-order valence-electron chi connectivity index (χ1n) is 11.7. The van der Waals surface area contributed by atoms with Gasteiger partial charge in [0.25, 0.3) is 5.91 Å².